The summed E-state index contributed by atoms with van der Waals surface area (Å²) in [5, 5.41) is 8.14. The van der Waals surface area contributed by atoms with Crippen molar-refractivity contribution in [1.29, 1.82) is 0 Å². The van der Waals surface area contributed by atoms with E-state index >= 15 is 0 Å². The minimum atomic E-state index is -0.278. The summed E-state index contributed by atoms with van der Waals surface area (Å²) >= 11 is 1.40. The van der Waals surface area contributed by atoms with E-state index in [1.165, 1.54) is 17.0 Å². The number of carbonyl (C=O) groups is 1. The van der Waals surface area contributed by atoms with Gasteiger partial charge < -0.3 is 9.64 Å². The first kappa shape index (κ1) is 17.9. The van der Waals surface area contributed by atoms with Crippen LogP contribution in [0.25, 0.3) is 10.2 Å². The maximum absolute atomic E-state index is 12.3. The number of esters is 1. The average Bonchev–Trinajstić information content (AvgIpc) is 3.30. The van der Waals surface area contributed by atoms with Crippen molar-refractivity contribution < 1.29 is 9.53 Å². The topological polar surface area (TPSA) is 84.0 Å². The number of rotatable bonds is 4. The first-order valence-corrected chi connectivity index (χ1v) is 10.1. The van der Waals surface area contributed by atoms with Crippen molar-refractivity contribution in [1.82, 2.24) is 20.2 Å². The molecule has 8 heteroatoms. The van der Waals surface area contributed by atoms with E-state index in [1.54, 1.807) is 0 Å². The van der Waals surface area contributed by atoms with Crippen LogP contribution in [0.2, 0.25) is 0 Å². The summed E-state index contributed by atoms with van der Waals surface area (Å²) in [7, 11) is 0. The Morgan fingerprint density at radius 1 is 1.33 bits per heavy atom. The van der Waals surface area contributed by atoms with E-state index in [4.69, 9.17) is 9.72 Å². The highest BCUT2D eigenvalue weighted by Crippen LogP contribution is 2.38. The lowest BCUT2D eigenvalue weighted by Gasteiger charge is -2.32. The van der Waals surface area contributed by atoms with E-state index in [2.05, 4.69) is 26.1 Å². The fraction of sp³-hybridized carbons (Fsp3) is 0.474. The van der Waals surface area contributed by atoms with Crippen molar-refractivity contribution in [2.45, 2.75) is 39.5 Å². The second-order valence-corrected chi connectivity index (χ2v) is 7.82. The van der Waals surface area contributed by atoms with Crippen LogP contribution in [-0.2, 0) is 4.74 Å². The SMILES string of the molecule is CCOC(=O)c1sc2nc(C)nc(N3CCC(c4ccn[nH]4)CC3)c2c1C. The summed E-state index contributed by atoms with van der Waals surface area (Å²) < 4.78 is 5.21. The molecule has 3 aromatic rings. The number of H-pyrrole nitrogens is 1. The van der Waals surface area contributed by atoms with E-state index in [1.807, 2.05) is 27.0 Å². The summed E-state index contributed by atoms with van der Waals surface area (Å²) in [4.78, 5) is 25.4. The second-order valence-electron chi connectivity index (χ2n) is 6.82. The van der Waals surface area contributed by atoms with Crippen LogP contribution in [0.15, 0.2) is 12.3 Å². The standard InChI is InChI=1S/C19H23N5O2S/c1-4-26-19(25)16-11(2)15-17(21-12(3)22-18(15)27-16)24-9-6-13(7-10-24)14-5-8-20-23-14/h5,8,13H,4,6-7,9-10H2,1-3H3,(H,20,23). The molecule has 1 aliphatic heterocycles. The van der Waals surface area contributed by atoms with Crippen molar-refractivity contribution in [3.63, 3.8) is 0 Å². The lowest BCUT2D eigenvalue weighted by atomic mass is 9.93. The molecule has 0 aromatic carbocycles. The van der Waals surface area contributed by atoms with Gasteiger partial charge in [-0.2, -0.15) is 5.10 Å². The Hall–Kier alpha value is -2.48. The number of aryl methyl sites for hydroxylation is 2. The number of ether oxygens (including phenoxy) is 1. The highest BCUT2D eigenvalue weighted by Gasteiger charge is 2.27. The van der Waals surface area contributed by atoms with Gasteiger partial charge in [0.05, 0.1) is 12.0 Å². The average molecular weight is 385 g/mol. The third kappa shape index (κ3) is 3.29. The fourth-order valence-corrected chi connectivity index (χ4v) is 4.85. The smallest absolute Gasteiger partial charge is 0.348 e. The summed E-state index contributed by atoms with van der Waals surface area (Å²) in [6.45, 7) is 7.88. The molecule has 0 amide bonds. The fourth-order valence-electron chi connectivity index (χ4n) is 3.74. The maximum Gasteiger partial charge on any atom is 0.348 e. The molecule has 4 rings (SSSR count). The summed E-state index contributed by atoms with van der Waals surface area (Å²) in [6.07, 6.45) is 3.89. The Kier molecular flexibility index (Phi) is 4.82. The van der Waals surface area contributed by atoms with Crippen molar-refractivity contribution in [3.8, 4) is 0 Å². The number of nitrogens with one attached hydrogen (secondary N) is 1. The zero-order chi connectivity index (χ0) is 19.0. The molecule has 0 atom stereocenters. The molecule has 0 bridgehead atoms. The third-order valence-corrected chi connectivity index (χ3v) is 6.27. The molecule has 1 fully saturated rings. The van der Waals surface area contributed by atoms with Gasteiger partial charge >= 0.3 is 5.97 Å². The van der Waals surface area contributed by atoms with Crippen LogP contribution < -0.4 is 4.90 Å². The quantitative estimate of drug-likeness (QED) is 0.691. The molecule has 0 spiro atoms. The summed E-state index contributed by atoms with van der Waals surface area (Å²) in [5.74, 6) is 1.88. The highest BCUT2D eigenvalue weighted by atomic mass is 32.1. The second kappa shape index (κ2) is 7.26. The predicted molar refractivity (Wildman–Crippen MR) is 106 cm³/mol. The Balaban J connectivity index is 1.66. The predicted octanol–water partition coefficient (Wildman–Crippen LogP) is 3.59. The number of fused-ring (bicyclic) bond motifs is 1. The Morgan fingerprint density at radius 2 is 2.11 bits per heavy atom. The lowest BCUT2D eigenvalue weighted by molar-refractivity contribution is 0.0531. The molecule has 7 nitrogen and oxygen atoms in total. The number of hydrogen-bond donors (Lipinski definition) is 1. The number of aromatic nitrogens is 4. The molecule has 142 valence electrons. The van der Waals surface area contributed by atoms with Crippen LogP contribution in [0.5, 0.6) is 0 Å². The Labute approximate surface area is 161 Å². The van der Waals surface area contributed by atoms with E-state index in [0.717, 1.165) is 53.4 Å². The molecule has 1 saturated heterocycles. The zero-order valence-corrected chi connectivity index (χ0v) is 16.6. The van der Waals surface area contributed by atoms with Gasteiger partial charge in [0.25, 0.3) is 0 Å². The van der Waals surface area contributed by atoms with Gasteiger partial charge in [0.15, 0.2) is 0 Å². The van der Waals surface area contributed by atoms with Gasteiger partial charge in [0.1, 0.15) is 21.3 Å². The number of anilines is 1. The number of carbonyl (C=O) groups excluding carboxylic acids is 1. The lowest BCUT2D eigenvalue weighted by Crippen LogP contribution is -2.34. The molecule has 0 aliphatic carbocycles. The molecule has 1 N–H and O–H groups in total. The van der Waals surface area contributed by atoms with Crippen molar-refractivity contribution in [2.75, 3.05) is 24.6 Å². The van der Waals surface area contributed by atoms with Crippen LogP contribution in [0.4, 0.5) is 5.82 Å². The van der Waals surface area contributed by atoms with Gasteiger partial charge in [-0.15, -0.1) is 11.3 Å². The van der Waals surface area contributed by atoms with Gasteiger partial charge in [-0.25, -0.2) is 14.8 Å². The minimum absolute atomic E-state index is 0.278. The van der Waals surface area contributed by atoms with Gasteiger partial charge in [-0.3, -0.25) is 5.10 Å². The molecule has 4 heterocycles. The monoisotopic (exact) mass is 385 g/mol. The molecule has 0 saturated carbocycles. The van der Waals surface area contributed by atoms with Crippen molar-refractivity contribution in [3.05, 3.63) is 34.2 Å². The van der Waals surface area contributed by atoms with Crippen LogP contribution in [-0.4, -0.2) is 45.8 Å². The molecule has 0 unspecified atom stereocenters. The molecule has 27 heavy (non-hydrogen) atoms. The minimum Gasteiger partial charge on any atom is -0.462 e. The summed E-state index contributed by atoms with van der Waals surface area (Å²) in [6, 6.07) is 2.06. The Morgan fingerprint density at radius 3 is 2.78 bits per heavy atom. The van der Waals surface area contributed by atoms with Gasteiger partial charge in [0.2, 0.25) is 0 Å². The Bertz CT molecular complexity index is 958. The van der Waals surface area contributed by atoms with E-state index in [-0.39, 0.29) is 5.97 Å². The largest absolute Gasteiger partial charge is 0.462 e. The molecule has 0 radical (unpaired) electrons. The van der Waals surface area contributed by atoms with Crippen LogP contribution >= 0.6 is 11.3 Å². The first-order valence-electron chi connectivity index (χ1n) is 9.27. The first-order chi connectivity index (χ1) is 13.1. The van der Waals surface area contributed by atoms with Gasteiger partial charge in [-0.05, 0) is 45.2 Å². The van der Waals surface area contributed by atoms with E-state index in [9.17, 15) is 4.79 Å². The van der Waals surface area contributed by atoms with Crippen LogP contribution in [0.3, 0.4) is 0 Å². The zero-order valence-electron chi connectivity index (χ0n) is 15.8. The number of piperidine rings is 1. The van der Waals surface area contributed by atoms with Crippen LogP contribution in [0, 0.1) is 13.8 Å². The van der Waals surface area contributed by atoms with Crippen molar-refractivity contribution in [2.24, 2.45) is 0 Å². The third-order valence-electron chi connectivity index (χ3n) is 5.10. The molecule has 3 aromatic heterocycles. The van der Waals surface area contributed by atoms with E-state index in [0.29, 0.717) is 17.4 Å². The molecule has 1 aliphatic rings. The number of aromatic amines is 1. The normalized spacial score (nSPS) is 15.4. The number of hydrogen-bond acceptors (Lipinski definition) is 7. The molecular formula is C19H23N5O2S. The number of nitrogens with zero attached hydrogens (tertiary/aromatic N) is 4. The van der Waals surface area contributed by atoms with E-state index < -0.39 is 0 Å². The molecular weight excluding hydrogens is 362 g/mol. The van der Waals surface area contributed by atoms with Gasteiger partial charge in [-0.1, -0.05) is 0 Å². The summed E-state index contributed by atoms with van der Waals surface area (Å²) in [5.41, 5.74) is 2.12. The van der Waals surface area contributed by atoms with Crippen molar-refractivity contribution >= 4 is 33.3 Å². The number of thiophene rings is 1. The maximum atomic E-state index is 12.3. The van der Waals surface area contributed by atoms with Crippen LogP contribution in [0.1, 0.15) is 52.4 Å². The van der Waals surface area contributed by atoms with Gasteiger partial charge in [0, 0.05) is 30.9 Å². The highest BCUT2D eigenvalue weighted by molar-refractivity contribution is 7.20.